The highest BCUT2D eigenvalue weighted by molar-refractivity contribution is 5.17. The van der Waals surface area contributed by atoms with Crippen LogP contribution >= 0.6 is 0 Å². The molecule has 1 aromatic carbocycles. The van der Waals surface area contributed by atoms with E-state index < -0.39 is 0 Å². The lowest BCUT2D eigenvalue weighted by Crippen LogP contribution is -2.07. The van der Waals surface area contributed by atoms with Crippen molar-refractivity contribution in [2.75, 3.05) is 0 Å². The SMILES string of the molecule is CCCC(Cc1ccc(F)cc1)N=O. The van der Waals surface area contributed by atoms with Gasteiger partial charge in [0, 0.05) is 0 Å². The van der Waals surface area contributed by atoms with E-state index in [0.717, 1.165) is 18.4 Å². The molecule has 0 saturated heterocycles. The van der Waals surface area contributed by atoms with Crippen LogP contribution in [0, 0.1) is 10.7 Å². The molecule has 0 aromatic heterocycles. The molecule has 0 radical (unpaired) electrons. The first-order valence-electron chi connectivity index (χ1n) is 4.83. The highest BCUT2D eigenvalue weighted by Crippen LogP contribution is 2.11. The van der Waals surface area contributed by atoms with Crippen molar-refractivity contribution in [3.05, 3.63) is 40.6 Å². The van der Waals surface area contributed by atoms with E-state index in [4.69, 9.17) is 0 Å². The van der Waals surface area contributed by atoms with Gasteiger partial charge in [0.1, 0.15) is 5.82 Å². The minimum absolute atomic E-state index is 0.175. The summed E-state index contributed by atoms with van der Waals surface area (Å²) in [5, 5.41) is 3.05. The average molecular weight is 195 g/mol. The van der Waals surface area contributed by atoms with E-state index in [1.165, 1.54) is 12.1 Å². The lowest BCUT2D eigenvalue weighted by molar-refractivity contribution is 0.595. The predicted molar refractivity (Wildman–Crippen MR) is 54.6 cm³/mol. The fraction of sp³-hybridized carbons (Fsp3) is 0.455. The van der Waals surface area contributed by atoms with Crippen LogP contribution in [-0.2, 0) is 6.42 Å². The molecule has 76 valence electrons. The molecule has 14 heavy (non-hydrogen) atoms. The summed E-state index contributed by atoms with van der Waals surface area (Å²) in [6, 6.07) is 6.03. The Bertz CT molecular complexity index is 284. The van der Waals surface area contributed by atoms with E-state index in [1.54, 1.807) is 12.1 Å². The first kappa shape index (κ1) is 10.8. The Labute approximate surface area is 83.1 Å². The molecule has 0 N–H and O–H groups in total. The number of rotatable bonds is 5. The molecule has 0 aliphatic rings. The summed E-state index contributed by atoms with van der Waals surface area (Å²) in [5.41, 5.74) is 0.962. The molecule has 0 fully saturated rings. The van der Waals surface area contributed by atoms with Gasteiger partial charge in [0.25, 0.3) is 0 Å². The van der Waals surface area contributed by atoms with E-state index >= 15 is 0 Å². The molecular formula is C11H14FNO. The summed E-state index contributed by atoms with van der Waals surface area (Å²) in [6.07, 6.45) is 2.34. The quantitative estimate of drug-likeness (QED) is 0.663. The third-order valence-corrected chi connectivity index (χ3v) is 2.16. The van der Waals surface area contributed by atoms with Crippen molar-refractivity contribution in [3.63, 3.8) is 0 Å². The first-order valence-corrected chi connectivity index (χ1v) is 4.83. The van der Waals surface area contributed by atoms with Crippen molar-refractivity contribution >= 4 is 0 Å². The van der Waals surface area contributed by atoms with Crippen LogP contribution < -0.4 is 0 Å². The maximum atomic E-state index is 12.6. The summed E-state index contributed by atoms with van der Waals surface area (Å²) < 4.78 is 12.6. The molecule has 0 spiro atoms. The second-order valence-corrected chi connectivity index (χ2v) is 3.38. The monoisotopic (exact) mass is 195 g/mol. The molecule has 1 rings (SSSR count). The van der Waals surface area contributed by atoms with Gasteiger partial charge in [0.15, 0.2) is 0 Å². The summed E-state index contributed by atoms with van der Waals surface area (Å²) in [5.74, 6) is -0.250. The Morgan fingerprint density at radius 1 is 1.36 bits per heavy atom. The molecule has 0 aliphatic carbocycles. The number of benzene rings is 1. The van der Waals surface area contributed by atoms with Crippen LogP contribution in [0.5, 0.6) is 0 Å². The van der Waals surface area contributed by atoms with Crippen molar-refractivity contribution in [1.29, 1.82) is 0 Å². The zero-order chi connectivity index (χ0) is 10.4. The topological polar surface area (TPSA) is 29.4 Å². The maximum Gasteiger partial charge on any atom is 0.123 e. The van der Waals surface area contributed by atoms with Gasteiger partial charge >= 0.3 is 0 Å². The van der Waals surface area contributed by atoms with E-state index in [1.807, 2.05) is 6.92 Å². The Hall–Kier alpha value is -1.25. The van der Waals surface area contributed by atoms with E-state index in [2.05, 4.69) is 5.18 Å². The third kappa shape index (κ3) is 3.24. The van der Waals surface area contributed by atoms with E-state index in [0.29, 0.717) is 6.42 Å². The second-order valence-electron chi connectivity index (χ2n) is 3.38. The smallest absolute Gasteiger partial charge is 0.123 e. The number of nitrogens with zero attached hydrogens (tertiary/aromatic N) is 1. The van der Waals surface area contributed by atoms with Gasteiger partial charge in [-0.05, 0) is 30.5 Å². The van der Waals surface area contributed by atoms with Gasteiger partial charge in [-0.3, -0.25) is 0 Å². The van der Waals surface area contributed by atoms with Crippen molar-refractivity contribution in [2.24, 2.45) is 5.18 Å². The summed E-state index contributed by atoms with van der Waals surface area (Å²) in [4.78, 5) is 10.4. The molecule has 0 aliphatic heterocycles. The Morgan fingerprint density at radius 2 is 2.00 bits per heavy atom. The maximum absolute atomic E-state index is 12.6. The van der Waals surface area contributed by atoms with Crippen molar-refractivity contribution < 1.29 is 4.39 Å². The molecule has 0 saturated carbocycles. The van der Waals surface area contributed by atoms with Crippen LogP contribution in [0.15, 0.2) is 29.4 Å². The highest BCUT2D eigenvalue weighted by atomic mass is 19.1. The van der Waals surface area contributed by atoms with E-state index in [-0.39, 0.29) is 11.9 Å². The number of nitroso groups, excluding NO2 is 1. The third-order valence-electron chi connectivity index (χ3n) is 2.16. The molecule has 1 unspecified atom stereocenters. The lowest BCUT2D eigenvalue weighted by atomic mass is 10.0. The van der Waals surface area contributed by atoms with Gasteiger partial charge in [-0.25, -0.2) is 4.39 Å². The Balaban J connectivity index is 2.57. The van der Waals surface area contributed by atoms with Gasteiger partial charge in [-0.15, -0.1) is 0 Å². The van der Waals surface area contributed by atoms with Crippen LogP contribution in [0.2, 0.25) is 0 Å². The molecule has 0 amide bonds. The molecule has 2 nitrogen and oxygen atoms in total. The Morgan fingerprint density at radius 3 is 2.50 bits per heavy atom. The number of hydrogen-bond acceptors (Lipinski definition) is 2. The van der Waals surface area contributed by atoms with Gasteiger partial charge in [-0.1, -0.05) is 30.7 Å². The lowest BCUT2D eigenvalue weighted by Gasteiger charge is -2.06. The van der Waals surface area contributed by atoms with Crippen molar-refractivity contribution in [3.8, 4) is 0 Å². The average Bonchev–Trinajstić information content (AvgIpc) is 2.20. The van der Waals surface area contributed by atoms with Crippen LogP contribution in [-0.4, -0.2) is 6.04 Å². The van der Waals surface area contributed by atoms with Crippen molar-refractivity contribution in [1.82, 2.24) is 0 Å². The summed E-state index contributed by atoms with van der Waals surface area (Å²) >= 11 is 0. The number of hydrogen-bond donors (Lipinski definition) is 0. The molecule has 3 heteroatoms. The fourth-order valence-electron chi connectivity index (χ4n) is 1.42. The second kappa shape index (κ2) is 5.47. The first-order chi connectivity index (χ1) is 6.76. The van der Waals surface area contributed by atoms with Crippen LogP contribution in [0.1, 0.15) is 25.3 Å². The van der Waals surface area contributed by atoms with Crippen LogP contribution in [0.25, 0.3) is 0 Å². The van der Waals surface area contributed by atoms with Crippen LogP contribution in [0.4, 0.5) is 4.39 Å². The van der Waals surface area contributed by atoms with Crippen LogP contribution in [0.3, 0.4) is 0 Å². The number of halogens is 1. The minimum atomic E-state index is -0.250. The molecule has 1 aromatic rings. The zero-order valence-electron chi connectivity index (χ0n) is 8.24. The van der Waals surface area contributed by atoms with Gasteiger partial charge in [0.05, 0.1) is 6.04 Å². The zero-order valence-corrected chi connectivity index (χ0v) is 8.24. The standard InChI is InChI=1S/C11H14FNO/c1-2-3-11(13-14)8-9-4-6-10(12)7-5-9/h4-7,11H,2-3,8H2,1H3. The molecule has 0 heterocycles. The normalized spacial score (nSPS) is 12.4. The molecule has 0 bridgehead atoms. The van der Waals surface area contributed by atoms with Gasteiger partial charge in [-0.2, -0.15) is 4.91 Å². The fourth-order valence-corrected chi connectivity index (χ4v) is 1.42. The summed E-state index contributed by atoms with van der Waals surface area (Å²) in [7, 11) is 0. The highest BCUT2D eigenvalue weighted by Gasteiger charge is 2.08. The van der Waals surface area contributed by atoms with Crippen molar-refractivity contribution in [2.45, 2.75) is 32.2 Å². The minimum Gasteiger partial charge on any atom is -0.207 e. The summed E-state index contributed by atoms with van der Waals surface area (Å²) in [6.45, 7) is 2.02. The Kier molecular flexibility index (Phi) is 4.23. The largest absolute Gasteiger partial charge is 0.207 e. The predicted octanol–water partition coefficient (Wildman–Crippen LogP) is 3.30. The van der Waals surface area contributed by atoms with E-state index in [9.17, 15) is 9.30 Å². The molecular weight excluding hydrogens is 181 g/mol. The molecule has 1 atom stereocenters. The van der Waals surface area contributed by atoms with Gasteiger partial charge < -0.3 is 0 Å². The van der Waals surface area contributed by atoms with Gasteiger partial charge in [0.2, 0.25) is 0 Å².